The molecule has 1 aliphatic carbocycles. The van der Waals surface area contributed by atoms with Crippen molar-refractivity contribution in [1.29, 1.82) is 0 Å². The van der Waals surface area contributed by atoms with Gasteiger partial charge in [0, 0.05) is 0 Å². The quantitative estimate of drug-likeness (QED) is 0.554. The Labute approximate surface area is 60.6 Å². The van der Waals surface area contributed by atoms with Crippen molar-refractivity contribution in [3.63, 3.8) is 0 Å². The lowest BCUT2D eigenvalue weighted by Crippen LogP contribution is -2.37. The minimum atomic E-state index is -0.208. The van der Waals surface area contributed by atoms with E-state index in [-0.39, 0.29) is 23.9 Å². The Kier molecular flexibility index (Phi) is 2.20. The van der Waals surface area contributed by atoms with Crippen LogP contribution < -0.4 is 0 Å². The Hall–Kier alpha value is -0.660. The van der Waals surface area contributed by atoms with Gasteiger partial charge in [-0.1, -0.05) is 19.8 Å². The summed E-state index contributed by atoms with van der Waals surface area (Å²) in [5, 5.41) is 0. The van der Waals surface area contributed by atoms with Crippen LogP contribution in [-0.2, 0) is 9.59 Å². The fourth-order valence-corrected chi connectivity index (χ4v) is 1.20. The van der Waals surface area contributed by atoms with Gasteiger partial charge in [0.05, 0.1) is 12.3 Å². The van der Waals surface area contributed by atoms with E-state index in [1.165, 1.54) is 0 Å². The molecule has 0 bridgehead atoms. The second-order valence-electron chi connectivity index (χ2n) is 2.80. The average molecular weight is 140 g/mol. The summed E-state index contributed by atoms with van der Waals surface area (Å²) in [6, 6.07) is 0. The summed E-state index contributed by atoms with van der Waals surface area (Å²) in [5.74, 6) is 0.0943. The summed E-state index contributed by atoms with van der Waals surface area (Å²) in [5.41, 5.74) is 0. The van der Waals surface area contributed by atoms with Crippen LogP contribution in [0.3, 0.4) is 0 Å². The molecule has 0 aromatic carbocycles. The highest BCUT2D eigenvalue weighted by molar-refractivity contribution is 6.21. The molecule has 2 nitrogen and oxygen atoms in total. The molecule has 0 atom stereocenters. The maximum atomic E-state index is 10.7. The first kappa shape index (κ1) is 7.45. The number of unbranched alkanes of at least 4 members (excludes halogenated alkanes) is 1. The minimum absolute atomic E-state index is 0.151. The lowest BCUT2D eigenvalue weighted by molar-refractivity contribution is -0.144. The van der Waals surface area contributed by atoms with Gasteiger partial charge < -0.3 is 0 Å². The molecule has 1 saturated carbocycles. The molecule has 0 heterocycles. The summed E-state index contributed by atoms with van der Waals surface area (Å²) in [6.45, 7) is 2.06. The van der Waals surface area contributed by atoms with E-state index < -0.39 is 0 Å². The topological polar surface area (TPSA) is 34.1 Å². The van der Waals surface area contributed by atoms with Gasteiger partial charge in [0.2, 0.25) is 0 Å². The zero-order chi connectivity index (χ0) is 7.56. The van der Waals surface area contributed by atoms with Gasteiger partial charge in [-0.05, 0) is 6.42 Å². The molecule has 10 heavy (non-hydrogen) atoms. The van der Waals surface area contributed by atoms with Crippen LogP contribution in [0.2, 0.25) is 0 Å². The number of hydrogen-bond donors (Lipinski definition) is 0. The van der Waals surface area contributed by atoms with Crippen molar-refractivity contribution < 1.29 is 9.59 Å². The highest BCUT2D eigenvalue weighted by atomic mass is 16.2. The van der Waals surface area contributed by atoms with Crippen LogP contribution in [0.4, 0.5) is 0 Å². The van der Waals surface area contributed by atoms with Crippen LogP contribution in [0, 0.1) is 5.92 Å². The molecule has 0 spiro atoms. The molecule has 2 heteroatoms. The van der Waals surface area contributed by atoms with Crippen LogP contribution in [0.15, 0.2) is 0 Å². The zero-order valence-electron chi connectivity index (χ0n) is 6.22. The highest BCUT2D eigenvalue weighted by Crippen LogP contribution is 2.23. The van der Waals surface area contributed by atoms with Gasteiger partial charge in [0.25, 0.3) is 0 Å². The molecule has 0 N–H and O–H groups in total. The summed E-state index contributed by atoms with van der Waals surface area (Å²) in [6.07, 6.45) is 3.06. The Morgan fingerprint density at radius 2 is 2.00 bits per heavy atom. The van der Waals surface area contributed by atoms with Crippen molar-refractivity contribution in [3.8, 4) is 0 Å². The molecule has 56 valence electrons. The monoisotopic (exact) mass is 140 g/mol. The molecule has 1 fully saturated rings. The number of carbonyl (C=O) groups is 2. The predicted molar refractivity (Wildman–Crippen MR) is 37.6 cm³/mol. The Bertz CT molecular complexity index is 147. The molecule has 0 radical (unpaired) electrons. The van der Waals surface area contributed by atoms with Gasteiger partial charge in [-0.15, -0.1) is 0 Å². The molecule has 0 aromatic heterocycles. The number of rotatable bonds is 3. The molecule has 1 rings (SSSR count). The maximum Gasteiger partial charge on any atom is 0.150 e. The fourth-order valence-electron chi connectivity index (χ4n) is 1.20. The average Bonchev–Trinajstić information content (AvgIpc) is 1.89. The molecule has 0 saturated heterocycles. The number of Topliss-reactive ketones (excluding diaryl/α,β-unsaturated/α-hetero) is 2. The van der Waals surface area contributed by atoms with Crippen molar-refractivity contribution in [2.24, 2.45) is 5.92 Å². The summed E-state index contributed by atoms with van der Waals surface area (Å²) in [7, 11) is 0. The van der Waals surface area contributed by atoms with Crippen LogP contribution in [-0.4, -0.2) is 11.6 Å². The Balaban J connectivity index is 2.27. The van der Waals surface area contributed by atoms with E-state index >= 15 is 0 Å². The standard InChI is InChI=1S/C8H12O2/c1-2-3-4-6-7(9)5-8(6)10/h6H,2-5H2,1H3. The van der Waals surface area contributed by atoms with Crippen molar-refractivity contribution in [2.75, 3.05) is 0 Å². The minimum Gasteiger partial charge on any atom is -0.298 e. The zero-order valence-corrected chi connectivity index (χ0v) is 6.22. The van der Waals surface area contributed by atoms with Gasteiger partial charge in [0.1, 0.15) is 0 Å². The van der Waals surface area contributed by atoms with Crippen LogP contribution in [0.5, 0.6) is 0 Å². The van der Waals surface area contributed by atoms with E-state index in [1.807, 2.05) is 0 Å². The molecule has 0 aromatic rings. The predicted octanol–water partition coefficient (Wildman–Crippen LogP) is 1.33. The molecular weight excluding hydrogens is 128 g/mol. The third-order valence-corrected chi connectivity index (χ3v) is 1.97. The van der Waals surface area contributed by atoms with Crippen LogP contribution in [0.1, 0.15) is 32.6 Å². The second-order valence-corrected chi connectivity index (χ2v) is 2.80. The van der Waals surface area contributed by atoms with Gasteiger partial charge in [0.15, 0.2) is 11.6 Å². The first-order valence-corrected chi connectivity index (χ1v) is 3.81. The highest BCUT2D eigenvalue weighted by Gasteiger charge is 2.36. The van der Waals surface area contributed by atoms with Crippen molar-refractivity contribution in [1.82, 2.24) is 0 Å². The first-order chi connectivity index (χ1) is 4.75. The molecule has 0 unspecified atom stereocenters. The number of hydrogen-bond acceptors (Lipinski definition) is 2. The molecular formula is C8H12O2. The van der Waals surface area contributed by atoms with Gasteiger partial charge in [-0.25, -0.2) is 0 Å². The van der Waals surface area contributed by atoms with E-state index in [4.69, 9.17) is 0 Å². The van der Waals surface area contributed by atoms with Gasteiger partial charge in [-0.2, -0.15) is 0 Å². The smallest absolute Gasteiger partial charge is 0.150 e. The van der Waals surface area contributed by atoms with Crippen LogP contribution >= 0.6 is 0 Å². The first-order valence-electron chi connectivity index (χ1n) is 3.81. The maximum absolute atomic E-state index is 10.7. The largest absolute Gasteiger partial charge is 0.298 e. The van der Waals surface area contributed by atoms with Crippen molar-refractivity contribution in [3.05, 3.63) is 0 Å². The van der Waals surface area contributed by atoms with Crippen LogP contribution in [0.25, 0.3) is 0 Å². The molecule has 1 aliphatic rings. The Morgan fingerprint density at radius 1 is 1.40 bits per heavy atom. The van der Waals surface area contributed by atoms with E-state index in [0.29, 0.717) is 0 Å². The number of ketones is 2. The fraction of sp³-hybridized carbons (Fsp3) is 0.750. The van der Waals surface area contributed by atoms with Crippen molar-refractivity contribution in [2.45, 2.75) is 32.6 Å². The van der Waals surface area contributed by atoms with E-state index in [1.54, 1.807) is 0 Å². The number of carbonyl (C=O) groups excluding carboxylic acids is 2. The molecule has 0 amide bonds. The molecule has 0 aliphatic heterocycles. The Morgan fingerprint density at radius 3 is 2.40 bits per heavy atom. The van der Waals surface area contributed by atoms with Gasteiger partial charge in [-0.3, -0.25) is 9.59 Å². The van der Waals surface area contributed by atoms with E-state index in [2.05, 4.69) is 6.92 Å². The third-order valence-electron chi connectivity index (χ3n) is 1.97. The lowest BCUT2D eigenvalue weighted by Gasteiger charge is -2.21. The summed E-state index contributed by atoms with van der Waals surface area (Å²) < 4.78 is 0. The lowest BCUT2D eigenvalue weighted by atomic mass is 9.79. The van der Waals surface area contributed by atoms with Crippen molar-refractivity contribution >= 4 is 11.6 Å². The summed E-state index contributed by atoms with van der Waals surface area (Å²) >= 11 is 0. The SMILES string of the molecule is CCCCC1C(=O)CC1=O. The van der Waals surface area contributed by atoms with E-state index in [9.17, 15) is 9.59 Å². The normalized spacial score (nSPS) is 19.3. The van der Waals surface area contributed by atoms with E-state index in [0.717, 1.165) is 19.3 Å². The second kappa shape index (κ2) is 2.95. The van der Waals surface area contributed by atoms with Gasteiger partial charge >= 0.3 is 0 Å². The third kappa shape index (κ3) is 1.25. The summed E-state index contributed by atoms with van der Waals surface area (Å²) in [4.78, 5) is 21.5.